The fourth-order valence-electron chi connectivity index (χ4n) is 2.24. The van der Waals surface area contributed by atoms with E-state index in [0.717, 1.165) is 12.1 Å². The molecule has 7 nitrogen and oxygen atoms in total. The first kappa shape index (κ1) is 15.8. The molecule has 0 radical (unpaired) electrons. The predicted molar refractivity (Wildman–Crippen MR) is 89.4 cm³/mol. The van der Waals surface area contributed by atoms with Crippen LogP contribution in [0.5, 0.6) is 0 Å². The molecule has 0 unspecified atom stereocenters. The number of anilines is 3. The molecule has 1 aromatic carbocycles. The number of halogens is 2. The number of hydrogen-bond donors (Lipinski definition) is 1. The highest BCUT2D eigenvalue weighted by molar-refractivity contribution is 6.42. The van der Waals surface area contributed by atoms with Crippen molar-refractivity contribution in [1.29, 1.82) is 0 Å². The Hall–Kier alpha value is -2.12. The smallest absolute Gasteiger partial charge is 0.247 e. The third kappa shape index (κ3) is 3.80. The molecule has 9 heteroatoms. The van der Waals surface area contributed by atoms with Gasteiger partial charge in [-0.25, -0.2) is 0 Å². The van der Waals surface area contributed by atoms with Gasteiger partial charge in [0.05, 0.1) is 16.2 Å². The minimum absolute atomic E-state index is 0.462. The van der Waals surface area contributed by atoms with Crippen molar-refractivity contribution in [2.24, 2.45) is 0 Å². The minimum atomic E-state index is 0.462. The Bertz CT molecular complexity index is 705. The fourth-order valence-corrected chi connectivity index (χ4v) is 2.54. The monoisotopic (exact) mass is 352 g/mol. The summed E-state index contributed by atoms with van der Waals surface area (Å²) in [6, 6.07) is 5.23. The van der Waals surface area contributed by atoms with Crippen LogP contribution in [0, 0.1) is 0 Å². The first-order valence-electron chi connectivity index (χ1n) is 7.02. The molecule has 0 aliphatic carbocycles. The van der Waals surface area contributed by atoms with Crippen molar-refractivity contribution in [3.8, 4) is 0 Å². The van der Waals surface area contributed by atoms with E-state index < -0.39 is 0 Å². The third-order valence-corrected chi connectivity index (χ3v) is 4.22. The standard InChI is InChI=1S/C14H14Cl2N6O/c15-11-2-1-10(7-12(11)16)18-13-8-17-20-14(19-13)22-5-3-21(9-23)4-6-22/h1-2,7-9H,3-6H2,(H,18,19,20). The largest absolute Gasteiger partial charge is 0.342 e. The number of piperazine rings is 1. The lowest BCUT2D eigenvalue weighted by atomic mass is 10.3. The molecule has 1 fully saturated rings. The van der Waals surface area contributed by atoms with Crippen molar-refractivity contribution in [1.82, 2.24) is 20.1 Å². The van der Waals surface area contributed by atoms with Gasteiger partial charge < -0.3 is 15.1 Å². The van der Waals surface area contributed by atoms with Crippen molar-refractivity contribution < 1.29 is 4.79 Å². The molecule has 2 aromatic rings. The molecule has 1 saturated heterocycles. The second-order valence-corrected chi connectivity index (χ2v) is 5.84. The molecule has 0 bridgehead atoms. The zero-order valence-electron chi connectivity index (χ0n) is 12.1. The number of nitrogens with zero attached hydrogens (tertiary/aromatic N) is 5. The molecule has 0 spiro atoms. The number of rotatable bonds is 4. The summed E-state index contributed by atoms with van der Waals surface area (Å²) in [7, 11) is 0. The molecule has 0 saturated carbocycles. The molecule has 1 aromatic heterocycles. The van der Waals surface area contributed by atoms with Gasteiger partial charge in [0.15, 0.2) is 5.82 Å². The van der Waals surface area contributed by atoms with Crippen molar-refractivity contribution in [2.45, 2.75) is 0 Å². The molecule has 2 heterocycles. The maximum atomic E-state index is 10.7. The molecular formula is C14H14Cl2N6O. The summed E-state index contributed by atoms with van der Waals surface area (Å²) in [5.41, 5.74) is 0.761. The lowest BCUT2D eigenvalue weighted by Gasteiger charge is -2.32. The average molecular weight is 353 g/mol. The highest BCUT2D eigenvalue weighted by Crippen LogP contribution is 2.26. The van der Waals surface area contributed by atoms with E-state index in [9.17, 15) is 4.79 Å². The number of carbonyl (C=O) groups is 1. The van der Waals surface area contributed by atoms with Crippen LogP contribution < -0.4 is 10.2 Å². The van der Waals surface area contributed by atoms with E-state index in [1.54, 1.807) is 23.1 Å². The molecule has 23 heavy (non-hydrogen) atoms. The van der Waals surface area contributed by atoms with Gasteiger partial charge in [-0.05, 0) is 18.2 Å². The Morgan fingerprint density at radius 2 is 1.91 bits per heavy atom. The van der Waals surface area contributed by atoms with Gasteiger partial charge in [-0.3, -0.25) is 4.79 Å². The lowest BCUT2D eigenvalue weighted by Crippen LogP contribution is -2.46. The molecule has 1 aliphatic heterocycles. The number of amides is 1. The van der Waals surface area contributed by atoms with Crippen LogP contribution in [-0.2, 0) is 4.79 Å². The number of aromatic nitrogens is 3. The fraction of sp³-hybridized carbons (Fsp3) is 0.286. The van der Waals surface area contributed by atoms with Gasteiger partial charge in [0.25, 0.3) is 0 Å². The van der Waals surface area contributed by atoms with Gasteiger partial charge in [0, 0.05) is 31.9 Å². The van der Waals surface area contributed by atoms with Crippen molar-refractivity contribution in [3.05, 3.63) is 34.4 Å². The van der Waals surface area contributed by atoms with Crippen molar-refractivity contribution in [3.63, 3.8) is 0 Å². The van der Waals surface area contributed by atoms with Crippen LogP contribution in [0.25, 0.3) is 0 Å². The van der Waals surface area contributed by atoms with Crippen LogP contribution in [0.4, 0.5) is 17.5 Å². The quantitative estimate of drug-likeness (QED) is 0.850. The Morgan fingerprint density at radius 3 is 2.61 bits per heavy atom. The first-order valence-corrected chi connectivity index (χ1v) is 7.77. The average Bonchev–Trinajstić information content (AvgIpc) is 2.58. The number of nitrogens with one attached hydrogen (secondary N) is 1. The van der Waals surface area contributed by atoms with E-state index in [4.69, 9.17) is 23.2 Å². The molecule has 1 amide bonds. The zero-order valence-corrected chi connectivity index (χ0v) is 13.6. The highest BCUT2D eigenvalue weighted by atomic mass is 35.5. The minimum Gasteiger partial charge on any atom is -0.342 e. The second kappa shape index (κ2) is 6.97. The van der Waals surface area contributed by atoms with Crippen molar-refractivity contribution >= 4 is 47.1 Å². The summed E-state index contributed by atoms with van der Waals surface area (Å²) in [5.74, 6) is 1.09. The van der Waals surface area contributed by atoms with Gasteiger partial charge in [-0.15, -0.1) is 5.10 Å². The van der Waals surface area contributed by atoms with Gasteiger partial charge >= 0.3 is 0 Å². The van der Waals surface area contributed by atoms with Crippen LogP contribution in [0.2, 0.25) is 10.0 Å². The van der Waals surface area contributed by atoms with E-state index >= 15 is 0 Å². The van der Waals surface area contributed by atoms with Crippen LogP contribution in [0.1, 0.15) is 0 Å². The van der Waals surface area contributed by atoms with Gasteiger partial charge in [0.1, 0.15) is 0 Å². The predicted octanol–water partition coefficient (Wildman–Crippen LogP) is 2.20. The molecule has 120 valence electrons. The molecule has 3 rings (SSSR count). The highest BCUT2D eigenvalue weighted by Gasteiger charge is 2.18. The summed E-state index contributed by atoms with van der Waals surface area (Å²) in [5, 5.41) is 12.1. The van der Waals surface area contributed by atoms with Crippen LogP contribution >= 0.6 is 23.2 Å². The Labute approximate surface area is 143 Å². The number of carbonyl (C=O) groups excluding carboxylic acids is 1. The Morgan fingerprint density at radius 1 is 1.13 bits per heavy atom. The SMILES string of the molecule is O=CN1CCN(c2nncc(Nc3ccc(Cl)c(Cl)c3)n2)CC1. The van der Waals surface area contributed by atoms with Crippen LogP contribution in [0.15, 0.2) is 24.4 Å². The molecular weight excluding hydrogens is 339 g/mol. The van der Waals surface area contributed by atoms with E-state index in [-0.39, 0.29) is 0 Å². The van der Waals surface area contributed by atoms with Crippen molar-refractivity contribution in [2.75, 3.05) is 36.4 Å². The summed E-state index contributed by atoms with van der Waals surface area (Å²) in [6.07, 6.45) is 2.40. The maximum absolute atomic E-state index is 10.7. The molecule has 1 N–H and O–H groups in total. The maximum Gasteiger partial charge on any atom is 0.247 e. The van der Waals surface area contributed by atoms with E-state index in [2.05, 4.69) is 20.5 Å². The van der Waals surface area contributed by atoms with Crippen LogP contribution in [-0.4, -0.2) is 52.7 Å². The van der Waals surface area contributed by atoms with Gasteiger partial charge in [-0.1, -0.05) is 23.2 Å². The Balaban J connectivity index is 1.72. The normalized spacial score (nSPS) is 14.7. The van der Waals surface area contributed by atoms with Gasteiger partial charge in [0.2, 0.25) is 12.4 Å². The summed E-state index contributed by atoms with van der Waals surface area (Å²) in [4.78, 5) is 18.9. The van der Waals surface area contributed by atoms with Crippen LogP contribution in [0.3, 0.4) is 0 Å². The summed E-state index contributed by atoms with van der Waals surface area (Å²) >= 11 is 11.9. The number of benzene rings is 1. The third-order valence-electron chi connectivity index (χ3n) is 3.49. The molecule has 1 aliphatic rings. The van der Waals surface area contributed by atoms with E-state index in [0.29, 0.717) is 48.0 Å². The summed E-state index contributed by atoms with van der Waals surface area (Å²) in [6.45, 7) is 2.65. The summed E-state index contributed by atoms with van der Waals surface area (Å²) < 4.78 is 0. The second-order valence-electron chi connectivity index (χ2n) is 5.02. The zero-order chi connectivity index (χ0) is 16.2. The topological polar surface area (TPSA) is 74.2 Å². The Kier molecular flexibility index (Phi) is 4.78. The molecule has 0 atom stereocenters. The van der Waals surface area contributed by atoms with Gasteiger partial charge in [-0.2, -0.15) is 10.1 Å². The van der Waals surface area contributed by atoms with E-state index in [1.165, 1.54) is 6.20 Å². The number of hydrogen-bond acceptors (Lipinski definition) is 6. The first-order chi connectivity index (χ1) is 11.2. The van der Waals surface area contributed by atoms with E-state index in [1.807, 2.05) is 4.90 Å². The lowest BCUT2D eigenvalue weighted by molar-refractivity contribution is -0.118.